The second-order valence-corrected chi connectivity index (χ2v) is 3.77. The number of nitro groups is 1. The summed E-state index contributed by atoms with van der Waals surface area (Å²) in [6, 6.07) is 4.73. The maximum Gasteiger partial charge on any atom is 0.328 e. The molecule has 1 N–H and O–H groups in total. The minimum atomic E-state index is -1.06. The predicted octanol–water partition coefficient (Wildman–Crippen LogP) is 1.11. The Bertz CT molecular complexity index is 516. The molecule has 0 saturated heterocycles. The zero-order valence-corrected chi connectivity index (χ0v) is 11.0. The van der Waals surface area contributed by atoms with Gasteiger partial charge in [0.1, 0.15) is 11.7 Å². The smallest absolute Gasteiger partial charge is 0.328 e. The van der Waals surface area contributed by atoms with Crippen LogP contribution >= 0.6 is 0 Å². The van der Waals surface area contributed by atoms with Crippen molar-refractivity contribution in [1.29, 1.82) is 0 Å². The van der Waals surface area contributed by atoms with Crippen LogP contribution < -0.4 is 5.32 Å². The lowest BCUT2D eigenvalue weighted by Crippen LogP contribution is -2.33. The number of ether oxygens (including phenoxy) is 2. The number of methoxy groups -OCH3 is 2. The van der Waals surface area contributed by atoms with E-state index >= 15 is 0 Å². The molecular weight excluding hydrogens is 268 g/mol. The first-order valence-corrected chi connectivity index (χ1v) is 5.64. The Morgan fingerprint density at radius 2 is 1.95 bits per heavy atom. The van der Waals surface area contributed by atoms with Crippen molar-refractivity contribution in [2.75, 3.05) is 19.5 Å². The van der Waals surface area contributed by atoms with Gasteiger partial charge in [-0.15, -0.1) is 0 Å². The van der Waals surface area contributed by atoms with Crippen molar-refractivity contribution in [1.82, 2.24) is 0 Å². The monoisotopic (exact) mass is 282 g/mol. The number of hydrogen-bond donors (Lipinski definition) is 1. The van der Waals surface area contributed by atoms with Crippen molar-refractivity contribution >= 4 is 23.3 Å². The molecule has 0 radical (unpaired) electrons. The van der Waals surface area contributed by atoms with Gasteiger partial charge in [-0.25, -0.2) is 4.79 Å². The highest BCUT2D eigenvalue weighted by atomic mass is 16.6. The molecule has 0 aliphatic rings. The molecule has 0 aromatic heterocycles. The second kappa shape index (κ2) is 7.07. The van der Waals surface area contributed by atoms with Crippen molar-refractivity contribution in [3.63, 3.8) is 0 Å². The van der Waals surface area contributed by atoms with Gasteiger partial charge in [-0.2, -0.15) is 0 Å². The number of anilines is 1. The molecule has 8 nitrogen and oxygen atoms in total. The molecule has 1 aromatic rings. The highest BCUT2D eigenvalue weighted by Gasteiger charge is 2.25. The molecule has 0 unspecified atom stereocenters. The molecule has 20 heavy (non-hydrogen) atoms. The summed E-state index contributed by atoms with van der Waals surface area (Å²) in [7, 11) is 2.34. The fourth-order valence-corrected chi connectivity index (χ4v) is 1.53. The summed E-state index contributed by atoms with van der Waals surface area (Å²) in [6.45, 7) is 0. The average molecular weight is 282 g/mol. The summed E-state index contributed by atoms with van der Waals surface area (Å²) < 4.78 is 9.02. The van der Waals surface area contributed by atoms with Crippen LogP contribution in [-0.4, -0.2) is 37.1 Å². The summed E-state index contributed by atoms with van der Waals surface area (Å²) in [4.78, 5) is 33.1. The first-order chi connectivity index (χ1) is 9.49. The number of esters is 2. The van der Waals surface area contributed by atoms with Gasteiger partial charge in [-0.05, 0) is 6.07 Å². The zero-order valence-electron chi connectivity index (χ0n) is 11.0. The highest BCUT2D eigenvalue weighted by Crippen LogP contribution is 2.24. The number of para-hydroxylation sites is 2. The van der Waals surface area contributed by atoms with E-state index in [1.165, 1.54) is 25.3 Å². The molecule has 0 spiro atoms. The van der Waals surface area contributed by atoms with Crippen LogP contribution in [0, 0.1) is 10.1 Å². The third kappa shape index (κ3) is 3.94. The number of nitrogens with zero attached hydrogens (tertiary/aromatic N) is 1. The van der Waals surface area contributed by atoms with E-state index in [0.29, 0.717) is 0 Å². The summed E-state index contributed by atoms with van der Waals surface area (Å²) in [5, 5.41) is 13.5. The van der Waals surface area contributed by atoms with E-state index in [4.69, 9.17) is 0 Å². The molecule has 0 saturated carbocycles. The SMILES string of the molecule is COC(=O)C[C@H](Nc1ccccc1[N+](=O)[O-])C(=O)OC. The number of rotatable bonds is 6. The number of nitrogens with one attached hydrogen (secondary N) is 1. The number of hydrogen-bond acceptors (Lipinski definition) is 7. The van der Waals surface area contributed by atoms with Gasteiger partial charge in [0, 0.05) is 6.07 Å². The molecule has 8 heteroatoms. The highest BCUT2D eigenvalue weighted by molar-refractivity contribution is 5.86. The Morgan fingerprint density at radius 1 is 1.30 bits per heavy atom. The molecule has 1 atom stereocenters. The molecule has 108 valence electrons. The number of benzene rings is 1. The van der Waals surface area contributed by atoms with Crippen molar-refractivity contribution in [2.45, 2.75) is 12.5 Å². The third-order valence-corrected chi connectivity index (χ3v) is 2.51. The number of nitro benzene ring substituents is 1. The number of carbonyl (C=O) groups excluding carboxylic acids is 2. The van der Waals surface area contributed by atoms with Crippen LogP contribution in [0.25, 0.3) is 0 Å². The van der Waals surface area contributed by atoms with Crippen LogP contribution in [0.3, 0.4) is 0 Å². The van der Waals surface area contributed by atoms with E-state index in [1.54, 1.807) is 6.07 Å². The lowest BCUT2D eigenvalue weighted by molar-refractivity contribution is -0.384. The van der Waals surface area contributed by atoms with Gasteiger partial charge in [-0.3, -0.25) is 14.9 Å². The van der Waals surface area contributed by atoms with Crippen LogP contribution in [0.15, 0.2) is 24.3 Å². The van der Waals surface area contributed by atoms with E-state index in [9.17, 15) is 19.7 Å². The quantitative estimate of drug-likeness (QED) is 0.473. The summed E-state index contributed by atoms with van der Waals surface area (Å²) in [6.07, 6.45) is -0.296. The van der Waals surface area contributed by atoms with E-state index in [2.05, 4.69) is 14.8 Å². The van der Waals surface area contributed by atoms with Crippen LogP contribution in [-0.2, 0) is 19.1 Å². The van der Waals surface area contributed by atoms with Crippen molar-refractivity contribution in [3.8, 4) is 0 Å². The van der Waals surface area contributed by atoms with Gasteiger partial charge in [0.05, 0.1) is 25.6 Å². The first kappa shape index (κ1) is 15.4. The summed E-state index contributed by atoms with van der Waals surface area (Å²) in [5.41, 5.74) is -0.0805. The Morgan fingerprint density at radius 3 is 2.50 bits per heavy atom. The van der Waals surface area contributed by atoms with Gasteiger partial charge in [0.2, 0.25) is 0 Å². The topological polar surface area (TPSA) is 108 Å². The van der Waals surface area contributed by atoms with Crippen molar-refractivity contribution in [3.05, 3.63) is 34.4 Å². The third-order valence-electron chi connectivity index (χ3n) is 2.51. The average Bonchev–Trinajstić information content (AvgIpc) is 2.45. The molecule has 1 aromatic carbocycles. The van der Waals surface area contributed by atoms with Crippen molar-refractivity contribution in [2.24, 2.45) is 0 Å². The van der Waals surface area contributed by atoms with E-state index in [1.807, 2.05) is 0 Å². The zero-order chi connectivity index (χ0) is 15.1. The van der Waals surface area contributed by atoms with Crippen LogP contribution in [0.1, 0.15) is 6.42 Å². The lowest BCUT2D eigenvalue weighted by atomic mass is 10.2. The predicted molar refractivity (Wildman–Crippen MR) is 69.2 cm³/mol. The molecule has 0 heterocycles. The van der Waals surface area contributed by atoms with E-state index < -0.39 is 22.9 Å². The standard InChI is InChI=1S/C12H14N2O6/c1-19-11(15)7-9(12(16)20-2)13-8-5-3-4-6-10(8)14(17)18/h3-6,9,13H,7H2,1-2H3/t9-/m0/s1. The lowest BCUT2D eigenvalue weighted by Gasteiger charge is -2.16. The Kier molecular flexibility index (Phi) is 5.45. The second-order valence-electron chi connectivity index (χ2n) is 3.77. The molecule has 0 aliphatic heterocycles. The minimum absolute atomic E-state index is 0.122. The Hall–Kier alpha value is -2.64. The molecular formula is C12H14N2O6. The normalized spacial score (nSPS) is 11.3. The first-order valence-electron chi connectivity index (χ1n) is 5.64. The van der Waals surface area contributed by atoms with E-state index in [-0.39, 0.29) is 17.8 Å². The van der Waals surface area contributed by atoms with Crippen molar-refractivity contribution < 1.29 is 24.0 Å². The molecule has 0 fully saturated rings. The van der Waals surface area contributed by atoms with Gasteiger partial charge >= 0.3 is 11.9 Å². The minimum Gasteiger partial charge on any atom is -0.469 e. The molecule has 0 amide bonds. The van der Waals surface area contributed by atoms with Gasteiger partial charge in [-0.1, -0.05) is 12.1 Å². The largest absolute Gasteiger partial charge is 0.469 e. The van der Waals surface area contributed by atoms with Crippen LogP contribution in [0.5, 0.6) is 0 Å². The fourth-order valence-electron chi connectivity index (χ4n) is 1.53. The van der Waals surface area contributed by atoms with Crippen LogP contribution in [0.4, 0.5) is 11.4 Å². The van der Waals surface area contributed by atoms with E-state index in [0.717, 1.165) is 7.11 Å². The molecule has 1 rings (SSSR count). The van der Waals surface area contributed by atoms with Crippen LogP contribution in [0.2, 0.25) is 0 Å². The fraction of sp³-hybridized carbons (Fsp3) is 0.333. The summed E-state index contributed by atoms with van der Waals surface area (Å²) >= 11 is 0. The number of carbonyl (C=O) groups is 2. The Balaban J connectivity index is 2.98. The maximum atomic E-state index is 11.6. The van der Waals surface area contributed by atoms with Gasteiger partial charge < -0.3 is 14.8 Å². The summed E-state index contributed by atoms with van der Waals surface area (Å²) in [5.74, 6) is -1.35. The maximum absolute atomic E-state index is 11.6. The Labute approximate surface area is 114 Å². The molecule has 0 bridgehead atoms. The van der Waals surface area contributed by atoms with Gasteiger partial charge in [0.25, 0.3) is 5.69 Å². The molecule has 0 aliphatic carbocycles. The van der Waals surface area contributed by atoms with Gasteiger partial charge in [0.15, 0.2) is 0 Å².